The lowest BCUT2D eigenvalue weighted by Gasteiger charge is -2.43. The van der Waals surface area contributed by atoms with Crippen molar-refractivity contribution in [3.63, 3.8) is 0 Å². The van der Waals surface area contributed by atoms with Crippen molar-refractivity contribution in [1.82, 2.24) is 10.6 Å². The van der Waals surface area contributed by atoms with Crippen LogP contribution in [0.15, 0.2) is 200 Å². The summed E-state index contributed by atoms with van der Waals surface area (Å²) in [6.45, 7) is 7.29. The lowest BCUT2D eigenvalue weighted by atomic mass is 9.98. The third kappa shape index (κ3) is 12.2. The average molecular weight is 1010 g/mol. The maximum Gasteiger partial charge on any atom is 0.407 e. The summed E-state index contributed by atoms with van der Waals surface area (Å²) in [5, 5.41) is 7.74. The van der Waals surface area contributed by atoms with E-state index in [1.807, 2.05) is 164 Å². The molecule has 0 spiro atoms. The minimum absolute atomic E-state index is 0.0210. The maximum absolute atomic E-state index is 14.3. The van der Waals surface area contributed by atoms with Gasteiger partial charge in [-0.15, -0.1) is 0 Å². The molecule has 9 rings (SSSR count). The number of amides is 2. The number of hydrogen-bond donors (Lipinski definition) is 2. The fourth-order valence-corrected chi connectivity index (χ4v) is 14.8. The maximum atomic E-state index is 14.3. The number of fused-ring (bicyclic) bond motifs is 3. The Morgan fingerprint density at radius 2 is 1.01 bits per heavy atom. The fraction of sp³-hybridized carbons (Fsp3) is 0.274. The van der Waals surface area contributed by atoms with Crippen LogP contribution in [0.4, 0.5) is 4.79 Å². The van der Waals surface area contributed by atoms with Crippen LogP contribution in [-0.4, -0.2) is 70.1 Å². The number of carbonyl (C=O) groups excluding carboxylic acids is 3. The van der Waals surface area contributed by atoms with Crippen LogP contribution in [0, 0.1) is 0 Å². The number of benzene rings is 7. The lowest BCUT2D eigenvalue weighted by molar-refractivity contribution is -0.147. The Kier molecular flexibility index (Phi) is 16.9. The Balaban J connectivity index is 0.951. The predicted molar refractivity (Wildman–Crippen MR) is 288 cm³/mol. The van der Waals surface area contributed by atoms with Gasteiger partial charge in [-0.25, -0.2) is 9.59 Å². The molecule has 0 saturated carbocycles. The van der Waals surface area contributed by atoms with Crippen LogP contribution in [0.5, 0.6) is 0 Å². The summed E-state index contributed by atoms with van der Waals surface area (Å²) in [5.74, 6) is -1.33. The molecule has 1 aliphatic heterocycles. The molecule has 1 heterocycles. The Hall–Kier alpha value is -7.19. The number of ether oxygens (including phenoxy) is 5. The van der Waals surface area contributed by atoms with Crippen LogP contribution < -0.4 is 21.0 Å². The van der Waals surface area contributed by atoms with Gasteiger partial charge in [0, 0.05) is 12.3 Å². The van der Waals surface area contributed by atoms with Gasteiger partial charge in [0.1, 0.15) is 37.6 Å². The average Bonchev–Trinajstić information content (AvgIpc) is 3.94. The molecule has 12 heteroatoms. The van der Waals surface area contributed by atoms with Crippen LogP contribution in [-0.2, 0) is 57.5 Å². The van der Waals surface area contributed by atoms with Crippen LogP contribution in [0.2, 0.25) is 5.04 Å². The highest BCUT2D eigenvalue weighted by atomic mass is 28.4. The van der Waals surface area contributed by atoms with Gasteiger partial charge < -0.3 is 38.7 Å². The molecule has 7 aromatic carbocycles. The van der Waals surface area contributed by atoms with Gasteiger partial charge in [-0.1, -0.05) is 221 Å². The molecule has 11 nitrogen and oxygen atoms in total. The molecule has 1 aliphatic carbocycles. The second-order valence-corrected chi connectivity index (χ2v) is 24.1. The summed E-state index contributed by atoms with van der Waals surface area (Å²) in [5.41, 5.74) is 6.97. The third-order valence-corrected chi connectivity index (χ3v) is 18.9. The van der Waals surface area contributed by atoms with E-state index < -0.39 is 56.9 Å². The van der Waals surface area contributed by atoms with Crippen molar-refractivity contribution in [2.24, 2.45) is 0 Å². The zero-order valence-electron chi connectivity index (χ0n) is 42.1. The number of rotatable bonds is 21. The van der Waals surface area contributed by atoms with Crippen LogP contribution in [0.1, 0.15) is 67.3 Å². The van der Waals surface area contributed by atoms with Crippen LogP contribution in [0.25, 0.3) is 11.1 Å². The third-order valence-electron chi connectivity index (χ3n) is 13.9. The first-order valence-corrected chi connectivity index (χ1v) is 27.3. The molecule has 2 amide bonds. The molecule has 74 heavy (non-hydrogen) atoms. The summed E-state index contributed by atoms with van der Waals surface area (Å²) < 4.78 is 39.5. The number of nitrogens with one attached hydrogen (secondary N) is 2. The Morgan fingerprint density at radius 1 is 0.554 bits per heavy atom. The molecule has 0 aromatic heterocycles. The van der Waals surface area contributed by atoms with Gasteiger partial charge in [0.15, 0.2) is 6.23 Å². The molecular weight excluding hydrogens is 945 g/mol. The summed E-state index contributed by atoms with van der Waals surface area (Å²) in [6, 6.07) is 64.7. The second-order valence-electron chi connectivity index (χ2n) is 19.8. The van der Waals surface area contributed by atoms with E-state index in [0.29, 0.717) is 0 Å². The smallest absolute Gasteiger partial charge is 0.407 e. The van der Waals surface area contributed by atoms with Crippen molar-refractivity contribution < 1.29 is 42.5 Å². The van der Waals surface area contributed by atoms with Gasteiger partial charge in [0.05, 0.1) is 19.8 Å². The first-order valence-electron chi connectivity index (χ1n) is 25.4. The predicted octanol–water partition coefficient (Wildman–Crippen LogP) is 10.0. The summed E-state index contributed by atoms with van der Waals surface area (Å²) in [7, 11) is -3.06. The first-order chi connectivity index (χ1) is 36.1. The molecular formula is C62H64N2O9Si. The number of esters is 1. The molecule has 7 aromatic rings. The van der Waals surface area contributed by atoms with E-state index in [2.05, 4.69) is 67.8 Å². The fourth-order valence-electron chi connectivity index (χ4n) is 10.2. The molecule has 2 N–H and O–H groups in total. The van der Waals surface area contributed by atoms with Crippen molar-refractivity contribution in [1.29, 1.82) is 0 Å². The number of alkyl carbamates (subject to hydrolysis) is 1. The number of hydrogen-bond acceptors (Lipinski definition) is 9. The van der Waals surface area contributed by atoms with Crippen molar-refractivity contribution in [3.05, 3.63) is 228 Å². The normalized spacial score (nSPS) is 17.7. The minimum Gasteiger partial charge on any atom is -0.459 e. The van der Waals surface area contributed by atoms with Gasteiger partial charge in [0.25, 0.3) is 8.32 Å². The molecule has 1 fully saturated rings. The Bertz CT molecular complexity index is 2840. The molecule has 1 saturated heterocycles. The van der Waals surface area contributed by atoms with Crippen LogP contribution in [0.3, 0.4) is 0 Å². The lowest BCUT2D eigenvalue weighted by Crippen LogP contribution is -2.67. The van der Waals surface area contributed by atoms with E-state index in [-0.39, 0.29) is 56.8 Å². The van der Waals surface area contributed by atoms with Crippen molar-refractivity contribution >= 4 is 36.7 Å². The van der Waals surface area contributed by atoms with Gasteiger partial charge >= 0.3 is 12.1 Å². The summed E-state index contributed by atoms with van der Waals surface area (Å²) >= 11 is 0. The highest BCUT2D eigenvalue weighted by molar-refractivity contribution is 6.99. The van der Waals surface area contributed by atoms with Crippen molar-refractivity contribution in [2.75, 3.05) is 13.2 Å². The summed E-state index contributed by atoms with van der Waals surface area (Å²) in [6.07, 6.45) is -4.25. The van der Waals surface area contributed by atoms with Crippen molar-refractivity contribution in [2.45, 2.75) is 95.0 Å². The van der Waals surface area contributed by atoms with E-state index in [4.69, 9.17) is 28.1 Å². The molecule has 380 valence electrons. The van der Waals surface area contributed by atoms with Crippen LogP contribution >= 0.6 is 0 Å². The van der Waals surface area contributed by atoms with E-state index in [0.717, 1.165) is 49.3 Å². The standard InChI is InChI=1S/C62H64N2O9Si/c1-62(2,3)74(47-29-15-7-16-30-47,48-31-17-8-18-32-48)72-43-55-57(68-39-44-23-9-4-10-24-44)58(69-40-45-25-11-5-12-26-45)59(73-55)64-56(65)38-37-54(60(66)70-41-46-27-13-6-14-28-46)63-61(67)71-42-53-51-35-21-19-33-49(51)50-34-20-22-36-52(50)53/h4-36,53-55,57-59H,37-43H2,1-3H3,(H,63,67)(H,64,65)/t54-,55+,57+,58+,59-/m0/s1. The van der Waals surface area contributed by atoms with Gasteiger partial charge in [0.2, 0.25) is 5.91 Å². The molecule has 5 atom stereocenters. The van der Waals surface area contributed by atoms with E-state index in [1.54, 1.807) is 0 Å². The summed E-state index contributed by atoms with van der Waals surface area (Å²) in [4.78, 5) is 41.9. The van der Waals surface area contributed by atoms with Gasteiger partial charge in [-0.05, 0) is 60.8 Å². The Labute approximate surface area is 435 Å². The molecule has 0 bridgehead atoms. The van der Waals surface area contributed by atoms with Gasteiger partial charge in [-0.2, -0.15) is 0 Å². The first kappa shape index (κ1) is 51.7. The van der Waals surface area contributed by atoms with E-state index >= 15 is 0 Å². The largest absolute Gasteiger partial charge is 0.459 e. The monoisotopic (exact) mass is 1010 g/mol. The zero-order valence-corrected chi connectivity index (χ0v) is 43.1. The molecule has 0 radical (unpaired) electrons. The van der Waals surface area contributed by atoms with E-state index in [1.165, 1.54) is 0 Å². The highest BCUT2D eigenvalue weighted by Gasteiger charge is 2.53. The minimum atomic E-state index is -3.06. The SMILES string of the molecule is CC(C)(C)[Si](OC[C@H]1O[C@H](NC(=O)CC[C@H](NC(=O)OCC2c3ccccc3-c3ccccc32)C(=O)OCc2ccccc2)[C@H](OCc2ccccc2)[C@@H]1OCc1ccccc1)(c1ccccc1)c1ccccc1. The van der Waals surface area contributed by atoms with Gasteiger partial charge in [-0.3, -0.25) is 4.79 Å². The van der Waals surface area contributed by atoms with E-state index in [9.17, 15) is 14.4 Å². The Morgan fingerprint density at radius 3 is 1.53 bits per heavy atom. The highest BCUT2D eigenvalue weighted by Crippen LogP contribution is 2.44. The van der Waals surface area contributed by atoms with Crippen molar-refractivity contribution in [3.8, 4) is 11.1 Å². The quantitative estimate of drug-likeness (QED) is 0.0534. The topological polar surface area (TPSA) is 131 Å². The molecule has 0 unspecified atom stereocenters. The zero-order chi connectivity index (χ0) is 51.3. The second kappa shape index (κ2) is 24.2. The molecule has 2 aliphatic rings. The number of carbonyl (C=O) groups is 3.